The van der Waals surface area contributed by atoms with E-state index in [1.807, 2.05) is 92.7 Å². The first-order valence-electron chi connectivity index (χ1n) is 12.6. The molecule has 4 aromatic rings. The van der Waals surface area contributed by atoms with E-state index in [-0.39, 0.29) is 25.0 Å². The predicted molar refractivity (Wildman–Crippen MR) is 147 cm³/mol. The Bertz CT molecular complexity index is 1420. The molecule has 2 amide bonds. The largest absolute Gasteiger partial charge is 0.454 e. The molecule has 6 heteroatoms. The van der Waals surface area contributed by atoms with Crippen molar-refractivity contribution in [3.05, 3.63) is 125 Å². The molecule has 192 valence electrons. The van der Waals surface area contributed by atoms with Gasteiger partial charge in [0.1, 0.15) is 6.04 Å². The molecule has 1 aliphatic rings. The van der Waals surface area contributed by atoms with E-state index in [4.69, 9.17) is 9.47 Å². The van der Waals surface area contributed by atoms with E-state index in [1.54, 1.807) is 23.1 Å². The van der Waals surface area contributed by atoms with Gasteiger partial charge in [-0.05, 0) is 42.7 Å². The lowest BCUT2D eigenvalue weighted by atomic mass is 10.00. The molecule has 1 unspecified atom stereocenters. The van der Waals surface area contributed by atoms with Crippen LogP contribution in [0, 0.1) is 13.8 Å². The third-order valence-corrected chi connectivity index (χ3v) is 6.59. The Morgan fingerprint density at radius 3 is 2.16 bits per heavy atom. The van der Waals surface area contributed by atoms with Gasteiger partial charge in [0, 0.05) is 18.3 Å². The van der Waals surface area contributed by atoms with Crippen LogP contribution in [0.15, 0.2) is 97.1 Å². The fourth-order valence-corrected chi connectivity index (χ4v) is 4.49. The summed E-state index contributed by atoms with van der Waals surface area (Å²) in [5.74, 6) is 0.771. The molecule has 0 aliphatic carbocycles. The number of benzene rings is 4. The second-order valence-electron chi connectivity index (χ2n) is 9.54. The molecular weight excluding hydrogens is 476 g/mol. The molecule has 1 aliphatic heterocycles. The maximum absolute atomic E-state index is 14.0. The molecule has 0 saturated carbocycles. The van der Waals surface area contributed by atoms with E-state index in [0.29, 0.717) is 23.7 Å². The number of carbonyl (C=O) groups excluding carboxylic acids is 2. The van der Waals surface area contributed by atoms with Crippen molar-refractivity contribution in [1.82, 2.24) is 4.90 Å². The maximum Gasteiger partial charge on any atom is 0.251 e. The number of hydrogen-bond acceptors (Lipinski definition) is 4. The predicted octanol–water partition coefficient (Wildman–Crippen LogP) is 5.98. The fourth-order valence-electron chi connectivity index (χ4n) is 4.49. The van der Waals surface area contributed by atoms with Gasteiger partial charge in [-0.2, -0.15) is 0 Å². The number of nitrogens with zero attached hydrogens (tertiary/aromatic N) is 1. The highest BCUT2D eigenvalue weighted by molar-refractivity contribution is 5.98. The Hall–Kier alpha value is -4.58. The van der Waals surface area contributed by atoms with Crippen molar-refractivity contribution in [2.24, 2.45) is 0 Å². The summed E-state index contributed by atoms with van der Waals surface area (Å²) in [4.78, 5) is 29.5. The van der Waals surface area contributed by atoms with Gasteiger partial charge in [0.2, 0.25) is 12.7 Å². The SMILES string of the molecule is Cc1ccc(CN(C(=O)Cc2ccccc2)C(C(=O)Nc2ccc3c(c2)OCO3)c2ccc(C)cc2)cc1. The molecular formula is C32H30N2O4. The Labute approximate surface area is 222 Å². The molecule has 0 spiro atoms. The average Bonchev–Trinajstić information content (AvgIpc) is 3.39. The Kier molecular flexibility index (Phi) is 7.40. The van der Waals surface area contributed by atoms with Crippen LogP contribution in [0.2, 0.25) is 0 Å². The minimum atomic E-state index is -0.849. The van der Waals surface area contributed by atoms with Gasteiger partial charge in [0.05, 0.1) is 6.42 Å². The molecule has 1 N–H and O–H groups in total. The monoisotopic (exact) mass is 506 g/mol. The second-order valence-corrected chi connectivity index (χ2v) is 9.54. The van der Waals surface area contributed by atoms with Gasteiger partial charge in [0.15, 0.2) is 11.5 Å². The number of fused-ring (bicyclic) bond motifs is 1. The summed E-state index contributed by atoms with van der Waals surface area (Å²) in [6.45, 7) is 4.46. The van der Waals surface area contributed by atoms with E-state index >= 15 is 0 Å². The van der Waals surface area contributed by atoms with Crippen molar-refractivity contribution in [2.75, 3.05) is 12.1 Å². The normalized spacial score (nSPS) is 12.6. The van der Waals surface area contributed by atoms with Crippen molar-refractivity contribution in [3.8, 4) is 11.5 Å². The van der Waals surface area contributed by atoms with Crippen LogP contribution in [-0.4, -0.2) is 23.5 Å². The van der Waals surface area contributed by atoms with Crippen LogP contribution in [0.1, 0.15) is 33.9 Å². The first-order valence-corrected chi connectivity index (χ1v) is 12.6. The second kappa shape index (κ2) is 11.2. The van der Waals surface area contributed by atoms with Crippen LogP contribution in [0.3, 0.4) is 0 Å². The van der Waals surface area contributed by atoms with Crippen LogP contribution in [0.5, 0.6) is 11.5 Å². The summed E-state index contributed by atoms with van der Waals surface area (Å²) < 4.78 is 10.9. The molecule has 0 saturated heterocycles. The molecule has 0 radical (unpaired) electrons. The summed E-state index contributed by atoms with van der Waals surface area (Å²) >= 11 is 0. The lowest BCUT2D eigenvalue weighted by Crippen LogP contribution is -2.41. The Morgan fingerprint density at radius 2 is 1.45 bits per heavy atom. The lowest BCUT2D eigenvalue weighted by Gasteiger charge is -2.32. The van der Waals surface area contributed by atoms with Gasteiger partial charge >= 0.3 is 0 Å². The van der Waals surface area contributed by atoms with Crippen molar-refractivity contribution in [2.45, 2.75) is 32.9 Å². The van der Waals surface area contributed by atoms with Crippen LogP contribution in [0.4, 0.5) is 5.69 Å². The Morgan fingerprint density at radius 1 is 0.789 bits per heavy atom. The quantitative estimate of drug-likeness (QED) is 0.319. The van der Waals surface area contributed by atoms with Crippen molar-refractivity contribution >= 4 is 17.5 Å². The van der Waals surface area contributed by atoms with E-state index < -0.39 is 6.04 Å². The number of rotatable bonds is 8. The summed E-state index contributed by atoms with van der Waals surface area (Å²) in [5.41, 5.74) is 5.36. The first-order chi connectivity index (χ1) is 18.5. The minimum absolute atomic E-state index is 0.136. The molecule has 1 atom stereocenters. The van der Waals surface area contributed by atoms with Gasteiger partial charge in [-0.15, -0.1) is 0 Å². The number of carbonyl (C=O) groups is 2. The molecule has 0 fully saturated rings. The number of ether oxygens (including phenoxy) is 2. The molecule has 6 nitrogen and oxygen atoms in total. The number of amides is 2. The summed E-state index contributed by atoms with van der Waals surface area (Å²) in [6.07, 6.45) is 0.187. The zero-order valence-electron chi connectivity index (χ0n) is 21.5. The van der Waals surface area contributed by atoms with Gasteiger partial charge in [-0.25, -0.2) is 0 Å². The van der Waals surface area contributed by atoms with Crippen molar-refractivity contribution in [3.63, 3.8) is 0 Å². The van der Waals surface area contributed by atoms with Crippen LogP contribution < -0.4 is 14.8 Å². The van der Waals surface area contributed by atoms with E-state index in [1.165, 1.54) is 0 Å². The highest BCUT2D eigenvalue weighted by Gasteiger charge is 2.32. The third-order valence-electron chi connectivity index (χ3n) is 6.59. The van der Waals surface area contributed by atoms with Crippen molar-refractivity contribution in [1.29, 1.82) is 0 Å². The molecule has 0 aromatic heterocycles. The molecule has 4 aromatic carbocycles. The first kappa shape index (κ1) is 25.1. The smallest absolute Gasteiger partial charge is 0.251 e. The van der Waals surface area contributed by atoms with Gasteiger partial charge in [0.25, 0.3) is 5.91 Å². The third kappa shape index (κ3) is 5.86. The summed E-state index contributed by atoms with van der Waals surface area (Å²) in [5, 5.41) is 3.01. The number of aryl methyl sites for hydroxylation is 2. The van der Waals surface area contributed by atoms with E-state index in [0.717, 1.165) is 27.8 Å². The summed E-state index contributed by atoms with van der Waals surface area (Å²) in [7, 11) is 0. The molecule has 1 heterocycles. The van der Waals surface area contributed by atoms with Crippen LogP contribution >= 0.6 is 0 Å². The molecule has 5 rings (SSSR count). The van der Waals surface area contributed by atoms with Gasteiger partial charge in [-0.3, -0.25) is 9.59 Å². The topological polar surface area (TPSA) is 67.9 Å². The van der Waals surface area contributed by atoms with Gasteiger partial charge < -0.3 is 19.7 Å². The highest BCUT2D eigenvalue weighted by atomic mass is 16.7. The maximum atomic E-state index is 14.0. The van der Waals surface area contributed by atoms with Crippen LogP contribution in [-0.2, 0) is 22.6 Å². The number of nitrogens with one attached hydrogen (secondary N) is 1. The van der Waals surface area contributed by atoms with E-state index in [2.05, 4.69) is 5.32 Å². The number of anilines is 1. The van der Waals surface area contributed by atoms with Gasteiger partial charge in [-0.1, -0.05) is 90.0 Å². The zero-order valence-corrected chi connectivity index (χ0v) is 21.5. The molecule has 0 bridgehead atoms. The molecule has 38 heavy (non-hydrogen) atoms. The fraction of sp³-hybridized carbons (Fsp3) is 0.188. The average molecular weight is 507 g/mol. The lowest BCUT2D eigenvalue weighted by molar-refractivity contribution is -0.139. The zero-order chi connectivity index (χ0) is 26.5. The van der Waals surface area contributed by atoms with Crippen LogP contribution in [0.25, 0.3) is 0 Å². The van der Waals surface area contributed by atoms with Crippen molar-refractivity contribution < 1.29 is 19.1 Å². The highest BCUT2D eigenvalue weighted by Crippen LogP contribution is 2.35. The standard InChI is InChI=1S/C32H30N2O4/c1-22-8-12-25(13-9-22)20-34(30(35)18-24-6-4-3-5-7-24)31(26-14-10-23(2)11-15-26)32(36)33-27-16-17-28-29(19-27)38-21-37-28/h3-17,19,31H,18,20-21H2,1-2H3,(H,33,36). The Balaban J connectivity index is 1.51. The number of hydrogen-bond donors (Lipinski definition) is 1. The van der Waals surface area contributed by atoms with E-state index in [9.17, 15) is 9.59 Å². The summed E-state index contributed by atoms with van der Waals surface area (Å²) in [6, 6.07) is 29.8. The minimum Gasteiger partial charge on any atom is -0.454 e.